The van der Waals surface area contributed by atoms with Gasteiger partial charge in [0.05, 0.1) is 5.75 Å². The molecule has 2 N–H and O–H groups in total. The van der Waals surface area contributed by atoms with Gasteiger partial charge in [-0.1, -0.05) is 0 Å². The van der Waals surface area contributed by atoms with E-state index in [4.69, 9.17) is 0 Å². The zero-order chi connectivity index (χ0) is 12.3. The number of hydrogen-bond acceptors (Lipinski definition) is 3. The molecule has 1 saturated heterocycles. The Morgan fingerprint density at radius 3 is 2.71 bits per heavy atom. The number of anilines is 1. The summed E-state index contributed by atoms with van der Waals surface area (Å²) >= 11 is 0. The molecule has 0 bridgehead atoms. The van der Waals surface area contributed by atoms with Crippen LogP contribution in [-0.2, 0) is 10.0 Å². The van der Waals surface area contributed by atoms with Gasteiger partial charge in [-0.15, -0.1) is 0 Å². The number of aromatic nitrogens is 1. The summed E-state index contributed by atoms with van der Waals surface area (Å²) in [4.78, 5) is 2.91. The molecule has 2 heterocycles. The quantitative estimate of drug-likeness (QED) is 0.838. The first-order chi connectivity index (χ1) is 8.09. The number of hydrogen-bond donors (Lipinski definition) is 2. The first-order valence-corrected chi connectivity index (χ1v) is 7.51. The van der Waals surface area contributed by atoms with Crippen LogP contribution >= 0.6 is 0 Å². The fourth-order valence-electron chi connectivity index (χ4n) is 2.12. The Labute approximate surface area is 102 Å². The average molecular weight is 257 g/mol. The predicted octanol–water partition coefficient (Wildman–Crippen LogP) is 0.780. The van der Waals surface area contributed by atoms with Gasteiger partial charge in [-0.3, -0.25) is 4.31 Å². The largest absolute Gasteiger partial charge is 0.348 e. The van der Waals surface area contributed by atoms with Crippen molar-refractivity contribution in [3.05, 3.63) is 18.3 Å². The fourth-order valence-corrected chi connectivity index (χ4v) is 3.69. The number of aromatic amines is 1. The Morgan fingerprint density at radius 1 is 1.41 bits per heavy atom. The summed E-state index contributed by atoms with van der Waals surface area (Å²) in [5.41, 5.74) is 0. The zero-order valence-corrected chi connectivity index (χ0v) is 10.8. The SMILES string of the molecule is CN(c1ccc[nH]1)S(=O)(=O)CC1CCNCC1. The second-order valence-electron chi connectivity index (χ2n) is 4.49. The highest BCUT2D eigenvalue weighted by Crippen LogP contribution is 2.19. The van der Waals surface area contributed by atoms with Crippen molar-refractivity contribution in [3.63, 3.8) is 0 Å². The van der Waals surface area contributed by atoms with Gasteiger partial charge in [-0.05, 0) is 44.0 Å². The molecule has 0 aliphatic carbocycles. The van der Waals surface area contributed by atoms with E-state index in [2.05, 4.69) is 10.3 Å². The molecule has 5 nitrogen and oxygen atoms in total. The summed E-state index contributed by atoms with van der Waals surface area (Å²) < 4.78 is 25.7. The van der Waals surface area contributed by atoms with Crippen LogP contribution in [0.1, 0.15) is 12.8 Å². The number of nitrogens with one attached hydrogen (secondary N) is 2. The van der Waals surface area contributed by atoms with Crippen molar-refractivity contribution in [1.82, 2.24) is 10.3 Å². The van der Waals surface area contributed by atoms with Crippen LogP contribution in [0.25, 0.3) is 0 Å². The van der Waals surface area contributed by atoms with Gasteiger partial charge in [0.2, 0.25) is 10.0 Å². The van der Waals surface area contributed by atoms with Gasteiger partial charge in [-0.25, -0.2) is 8.42 Å². The Balaban J connectivity index is 2.03. The van der Waals surface area contributed by atoms with Crippen molar-refractivity contribution in [2.75, 3.05) is 30.2 Å². The summed E-state index contributed by atoms with van der Waals surface area (Å²) in [6.45, 7) is 1.85. The Hall–Kier alpha value is -1.01. The van der Waals surface area contributed by atoms with E-state index in [9.17, 15) is 8.42 Å². The Morgan fingerprint density at radius 2 is 2.12 bits per heavy atom. The van der Waals surface area contributed by atoms with E-state index in [1.807, 2.05) is 0 Å². The number of piperidine rings is 1. The third-order valence-electron chi connectivity index (χ3n) is 3.24. The monoisotopic (exact) mass is 257 g/mol. The van der Waals surface area contributed by atoms with Gasteiger partial charge in [0.25, 0.3) is 0 Å². The maximum Gasteiger partial charge on any atom is 0.236 e. The number of sulfonamides is 1. The number of rotatable bonds is 4. The Kier molecular flexibility index (Phi) is 3.73. The average Bonchev–Trinajstić information content (AvgIpc) is 2.82. The van der Waals surface area contributed by atoms with Crippen molar-refractivity contribution in [3.8, 4) is 0 Å². The van der Waals surface area contributed by atoms with Crippen LogP contribution in [0.4, 0.5) is 5.82 Å². The summed E-state index contributed by atoms with van der Waals surface area (Å²) in [6, 6.07) is 3.56. The number of H-pyrrole nitrogens is 1. The molecular weight excluding hydrogens is 238 g/mol. The normalized spacial score (nSPS) is 18.2. The van der Waals surface area contributed by atoms with Crippen LogP contribution in [0.3, 0.4) is 0 Å². The maximum absolute atomic E-state index is 12.2. The highest BCUT2D eigenvalue weighted by molar-refractivity contribution is 7.92. The van der Waals surface area contributed by atoms with E-state index in [0.29, 0.717) is 5.82 Å². The van der Waals surface area contributed by atoms with E-state index >= 15 is 0 Å². The van der Waals surface area contributed by atoms with Gasteiger partial charge in [0, 0.05) is 13.2 Å². The minimum atomic E-state index is -3.21. The van der Waals surface area contributed by atoms with E-state index in [1.54, 1.807) is 25.4 Å². The lowest BCUT2D eigenvalue weighted by atomic mass is 10.0. The smallest absolute Gasteiger partial charge is 0.236 e. The highest BCUT2D eigenvalue weighted by atomic mass is 32.2. The van der Waals surface area contributed by atoms with Crippen LogP contribution in [0, 0.1) is 5.92 Å². The minimum absolute atomic E-state index is 0.240. The molecule has 17 heavy (non-hydrogen) atoms. The van der Waals surface area contributed by atoms with Gasteiger partial charge in [-0.2, -0.15) is 0 Å². The highest BCUT2D eigenvalue weighted by Gasteiger charge is 2.25. The molecule has 2 rings (SSSR count). The van der Waals surface area contributed by atoms with Crippen LogP contribution in [-0.4, -0.2) is 39.3 Å². The third kappa shape index (κ3) is 3.01. The van der Waals surface area contributed by atoms with Gasteiger partial charge >= 0.3 is 0 Å². The van der Waals surface area contributed by atoms with E-state index in [0.717, 1.165) is 25.9 Å². The molecular formula is C11H19N3O2S. The van der Waals surface area contributed by atoms with Crippen LogP contribution in [0.2, 0.25) is 0 Å². The first kappa shape index (κ1) is 12.4. The van der Waals surface area contributed by atoms with E-state index in [-0.39, 0.29) is 11.7 Å². The molecule has 1 fully saturated rings. The predicted molar refractivity (Wildman–Crippen MR) is 68.6 cm³/mol. The molecule has 0 radical (unpaired) electrons. The molecule has 0 amide bonds. The van der Waals surface area contributed by atoms with Crippen molar-refractivity contribution in [2.45, 2.75) is 12.8 Å². The zero-order valence-electron chi connectivity index (χ0n) is 10.0. The van der Waals surface area contributed by atoms with Crippen LogP contribution < -0.4 is 9.62 Å². The third-order valence-corrected chi connectivity index (χ3v) is 5.17. The van der Waals surface area contributed by atoms with Crippen molar-refractivity contribution >= 4 is 15.8 Å². The standard InChI is InChI=1S/C11H19N3O2S/c1-14(11-3-2-6-13-11)17(15,16)9-10-4-7-12-8-5-10/h2-3,6,10,12-13H,4-5,7-9H2,1H3. The molecule has 6 heteroatoms. The van der Waals surface area contributed by atoms with E-state index < -0.39 is 10.0 Å². The summed E-state index contributed by atoms with van der Waals surface area (Å²) in [5.74, 6) is 1.14. The summed E-state index contributed by atoms with van der Waals surface area (Å²) in [5, 5.41) is 3.24. The molecule has 0 aromatic carbocycles. The van der Waals surface area contributed by atoms with Crippen molar-refractivity contribution in [2.24, 2.45) is 5.92 Å². The minimum Gasteiger partial charge on any atom is -0.348 e. The maximum atomic E-state index is 12.2. The van der Waals surface area contributed by atoms with Crippen molar-refractivity contribution in [1.29, 1.82) is 0 Å². The second-order valence-corrected chi connectivity index (χ2v) is 6.54. The summed E-state index contributed by atoms with van der Waals surface area (Å²) in [6.07, 6.45) is 3.61. The lowest BCUT2D eigenvalue weighted by Crippen LogP contribution is -2.36. The first-order valence-electron chi connectivity index (χ1n) is 5.90. The summed E-state index contributed by atoms with van der Waals surface area (Å²) in [7, 11) is -1.61. The lowest BCUT2D eigenvalue weighted by Gasteiger charge is -2.25. The molecule has 0 atom stereocenters. The lowest BCUT2D eigenvalue weighted by molar-refractivity contribution is 0.401. The molecule has 96 valence electrons. The molecule has 0 spiro atoms. The van der Waals surface area contributed by atoms with Crippen molar-refractivity contribution < 1.29 is 8.42 Å². The molecule has 1 aromatic rings. The fraction of sp³-hybridized carbons (Fsp3) is 0.636. The molecule has 0 unspecified atom stereocenters. The second kappa shape index (κ2) is 5.10. The van der Waals surface area contributed by atoms with Gasteiger partial charge in [0.1, 0.15) is 5.82 Å². The molecule has 1 aliphatic heterocycles. The van der Waals surface area contributed by atoms with Gasteiger partial charge < -0.3 is 10.3 Å². The molecule has 0 saturated carbocycles. The Bertz CT molecular complexity index is 435. The topological polar surface area (TPSA) is 65.2 Å². The molecule has 1 aromatic heterocycles. The van der Waals surface area contributed by atoms with E-state index in [1.165, 1.54) is 4.31 Å². The molecule has 1 aliphatic rings. The van der Waals surface area contributed by atoms with Gasteiger partial charge in [0.15, 0.2) is 0 Å². The van der Waals surface area contributed by atoms with Crippen LogP contribution in [0.15, 0.2) is 18.3 Å². The van der Waals surface area contributed by atoms with Crippen LogP contribution in [0.5, 0.6) is 0 Å². The number of nitrogens with zero attached hydrogens (tertiary/aromatic N) is 1.